The van der Waals surface area contributed by atoms with Crippen molar-refractivity contribution in [3.05, 3.63) is 70.6 Å². The van der Waals surface area contributed by atoms with E-state index >= 15 is 0 Å². The molecule has 3 aromatic rings. The van der Waals surface area contributed by atoms with Crippen molar-refractivity contribution in [1.29, 1.82) is 0 Å². The Morgan fingerprint density at radius 1 is 1.13 bits per heavy atom. The number of carbonyl (C=O) groups excluding carboxylic acids is 2. The van der Waals surface area contributed by atoms with Crippen molar-refractivity contribution in [2.24, 2.45) is 0 Å². The lowest BCUT2D eigenvalue weighted by atomic mass is 10.2. The fourth-order valence-electron chi connectivity index (χ4n) is 2.57. The summed E-state index contributed by atoms with van der Waals surface area (Å²) in [6, 6.07) is 8.40. The molecule has 1 unspecified atom stereocenters. The number of aromatic nitrogens is 3. The molecule has 162 valence electrons. The second-order valence-electron chi connectivity index (χ2n) is 6.50. The third-order valence-electron chi connectivity index (χ3n) is 4.29. The molecule has 1 amide bonds. The summed E-state index contributed by atoms with van der Waals surface area (Å²) in [6.45, 7) is 2.93. The predicted molar refractivity (Wildman–Crippen MR) is 106 cm³/mol. The van der Waals surface area contributed by atoms with Gasteiger partial charge < -0.3 is 10.1 Å². The number of pyridine rings is 1. The number of carbonyl (C=O) groups is 2. The molecule has 2 heterocycles. The minimum absolute atomic E-state index is 0.0489. The Balaban J connectivity index is 1.69. The molecular formula is C20H16ClF3N4O3. The van der Waals surface area contributed by atoms with Crippen LogP contribution in [0.3, 0.4) is 0 Å². The Kier molecular flexibility index (Phi) is 6.30. The van der Waals surface area contributed by atoms with E-state index < -0.39 is 29.7 Å². The van der Waals surface area contributed by atoms with Crippen LogP contribution < -0.4 is 5.32 Å². The zero-order valence-electron chi connectivity index (χ0n) is 16.3. The van der Waals surface area contributed by atoms with Crippen LogP contribution in [0.2, 0.25) is 5.02 Å². The van der Waals surface area contributed by atoms with Crippen LogP contribution >= 0.6 is 11.6 Å². The molecule has 3 rings (SSSR count). The average Bonchev–Trinajstić information content (AvgIpc) is 3.10. The quantitative estimate of drug-likeness (QED) is 0.579. The highest BCUT2D eigenvalue weighted by molar-refractivity contribution is 6.30. The largest absolute Gasteiger partial charge is 0.449 e. The molecule has 2 aromatic heterocycles. The van der Waals surface area contributed by atoms with Crippen LogP contribution in [0.1, 0.15) is 28.5 Å². The van der Waals surface area contributed by atoms with E-state index in [0.717, 1.165) is 12.1 Å². The Hall–Kier alpha value is -3.40. The fourth-order valence-corrected chi connectivity index (χ4v) is 2.70. The molecule has 0 saturated heterocycles. The smallest absolute Gasteiger partial charge is 0.417 e. The highest BCUT2D eigenvalue weighted by Gasteiger charge is 2.31. The summed E-state index contributed by atoms with van der Waals surface area (Å²) in [5, 5.41) is 7.08. The van der Waals surface area contributed by atoms with E-state index in [1.54, 1.807) is 24.3 Å². The maximum Gasteiger partial charge on any atom is 0.417 e. The van der Waals surface area contributed by atoms with Gasteiger partial charge in [0.05, 0.1) is 17.5 Å². The molecule has 1 N–H and O–H groups in total. The van der Waals surface area contributed by atoms with Crippen molar-refractivity contribution < 1.29 is 27.5 Å². The molecule has 0 aliphatic rings. The molecule has 0 aliphatic carbocycles. The van der Waals surface area contributed by atoms with E-state index in [-0.39, 0.29) is 11.4 Å². The van der Waals surface area contributed by atoms with Crippen LogP contribution in [0.4, 0.5) is 18.9 Å². The summed E-state index contributed by atoms with van der Waals surface area (Å²) in [4.78, 5) is 28.5. The number of amides is 1. The van der Waals surface area contributed by atoms with Crippen LogP contribution in [0.25, 0.3) is 5.82 Å². The first-order valence-electron chi connectivity index (χ1n) is 8.92. The van der Waals surface area contributed by atoms with Crippen molar-refractivity contribution >= 4 is 29.2 Å². The van der Waals surface area contributed by atoms with Crippen molar-refractivity contribution in [2.75, 3.05) is 5.32 Å². The van der Waals surface area contributed by atoms with Gasteiger partial charge in [0.2, 0.25) is 0 Å². The van der Waals surface area contributed by atoms with Gasteiger partial charge in [-0.25, -0.2) is 14.5 Å². The normalized spacial score (nSPS) is 12.3. The van der Waals surface area contributed by atoms with E-state index in [9.17, 15) is 22.8 Å². The molecule has 0 bridgehead atoms. The highest BCUT2D eigenvalue weighted by atomic mass is 35.5. The summed E-state index contributed by atoms with van der Waals surface area (Å²) in [5.41, 5.74) is -0.0775. The Labute approximate surface area is 179 Å². The van der Waals surface area contributed by atoms with Crippen molar-refractivity contribution in [2.45, 2.75) is 26.1 Å². The third-order valence-corrected chi connectivity index (χ3v) is 4.54. The lowest BCUT2D eigenvalue weighted by Crippen LogP contribution is -2.30. The molecule has 1 aromatic carbocycles. The van der Waals surface area contributed by atoms with E-state index in [0.29, 0.717) is 22.6 Å². The number of nitrogens with one attached hydrogen (secondary N) is 1. The number of hydrogen-bond donors (Lipinski definition) is 1. The van der Waals surface area contributed by atoms with Gasteiger partial charge in [0.25, 0.3) is 5.91 Å². The molecule has 0 spiro atoms. The topological polar surface area (TPSA) is 86.1 Å². The number of nitrogens with zero attached hydrogens (tertiary/aromatic N) is 3. The minimum Gasteiger partial charge on any atom is -0.449 e. The van der Waals surface area contributed by atoms with Gasteiger partial charge in [-0.1, -0.05) is 11.6 Å². The Morgan fingerprint density at radius 2 is 1.81 bits per heavy atom. The molecule has 31 heavy (non-hydrogen) atoms. The summed E-state index contributed by atoms with van der Waals surface area (Å²) in [6.07, 6.45) is -3.75. The Bertz CT molecular complexity index is 1100. The van der Waals surface area contributed by atoms with E-state index in [2.05, 4.69) is 15.4 Å². The lowest BCUT2D eigenvalue weighted by Gasteiger charge is -2.13. The van der Waals surface area contributed by atoms with Crippen LogP contribution in [0, 0.1) is 6.92 Å². The number of benzene rings is 1. The summed E-state index contributed by atoms with van der Waals surface area (Å²) < 4.78 is 44.5. The van der Waals surface area contributed by atoms with E-state index in [4.69, 9.17) is 16.3 Å². The van der Waals surface area contributed by atoms with Crippen LogP contribution in [-0.4, -0.2) is 32.7 Å². The highest BCUT2D eigenvalue weighted by Crippen LogP contribution is 2.29. The van der Waals surface area contributed by atoms with Crippen molar-refractivity contribution in [1.82, 2.24) is 14.8 Å². The second-order valence-corrected chi connectivity index (χ2v) is 6.94. The molecular weight excluding hydrogens is 437 g/mol. The maximum atomic E-state index is 12.7. The second kappa shape index (κ2) is 8.76. The molecule has 0 aliphatic heterocycles. The minimum atomic E-state index is -4.51. The first-order valence-corrected chi connectivity index (χ1v) is 9.29. The van der Waals surface area contributed by atoms with Crippen molar-refractivity contribution in [3.8, 4) is 5.82 Å². The van der Waals surface area contributed by atoms with Gasteiger partial charge >= 0.3 is 12.1 Å². The summed E-state index contributed by atoms with van der Waals surface area (Å²) in [7, 11) is 0. The average molecular weight is 453 g/mol. The maximum absolute atomic E-state index is 12.7. The van der Waals surface area contributed by atoms with Gasteiger partial charge in [-0.05, 0) is 50.2 Å². The van der Waals surface area contributed by atoms with Gasteiger partial charge in [0.1, 0.15) is 5.56 Å². The van der Waals surface area contributed by atoms with Crippen molar-refractivity contribution in [3.63, 3.8) is 0 Å². The van der Waals surface area contributed by atoms with Gasteiger partial charge in [0, 0.05) is 16.9 Å². The third kappa shape index (κ3) is 5.21. The van der Waals surface area contributed by atoms with Crippen LogP contribution in [0.5, 0.6) is 0 Å². The SMILES string of the molecule is Cc1c(C(=O)OC(C)C(=O)Nc2ccc(Cl)cc2)cnn1-c1ccc(C(F)(F)F)cn1. The monoisotopic (exact) mass is 452 g/mol. The number of halogens is 4. The molecule has 0 saturated carbocycles. The number of esters is 1. The molecule has 0 radical (unpaired) electrons. The standard InChI is InChI=1S/C20H16ClF3N4O3/c1-11-16(10-26-28(11)17-8-3-13(9-25-17)20(22,23)24)19(30)31-12(2)18(29)27-15-6-4-14(21)5-7-15/h3-10,12H,1-2H3,(H,27,29). The first kappa shape index (κ1) is 22.3. The fraction of sp³-hybridized carbons (Fsp3) is 0.200. The van der Waals surface area contributed by atoms with E-state index in [1.165, 1.54) is 24.7 Å². The number of ether oxygens (including phenoxy) is 1. The molecule has 1 atom stereocenters. The van der Waals surface area contributed by atoms with Crippen LogP contribution in [-0.2, 0) is 15.7 Å². The van der Waals surface area contributed by atoms with E-state index in [1.807, 2.05) is 0 Å². The number of rotatable bonds is 5. The van der Waals surface area contributed by atoms with Gasteiger partial charge in [-0.3, -0.25) is 4.79 Å². The Morgan fingerprint density at radius 3 is 2.39 bits per heavy atom. The zero-order chi connectivity index (χ0) is 22.8. The summed E-state index contributed by atoms with van der Waals surface area (Å²) >= 11 is 5.79. The molecule has 7 nitrogen and oxygen atoms in total. The number of alkyl halides is 3. The van der Waals surface area contributed by atoms with Crippen LogP contribution in [0.15, 0.2) is 48.8 Å². The number of hydrogen-bond acceptors (Lipinski definition) is 5. The zero-order valence-corrected chi connectivity index (χ0v) is 17.0. The van der Waals surface area contributed by atoms with Gasteiger partial charge in [-0.2, -0.15) is 18.3 Å². The number of anilines is 1. The first-order chi connectivity index (χ1) is 14.6. The molecule has 11 heteroatoms. The van der Waals surface area contributed by atoms with Gasteiger partial charge in [-0.15, -0.1) is 0 Å². The predicted octanol–water partition coefficient (Wildman–Crippen LogP) is 4.43. The summed E-state index contributed by atoms with van der Waals surface area (Å²) in [5.74, 6) is -1.27. The molecule has 0 fully saturated rings. The lowest BCUT2D eigenvalue weighted by molar-refractivity contribution is -0.137. The van der Waals surface area contributed by atoms with Gasteiger partial charge in [0.15, 0.2) is 11.9 Å².